The van der Waals surface area contributed by atoms with E-state index in [1.165, 1.54) is 29.6 Å². The van der Waals surface area contributed by atoms with Crippen LogP contribution < -0.4 is 0 Å². The van der Waals surface area contributed by atoms with Gasteiger partial charge < -0.3 is 0 Å². The van der Waals surface area contributed by atoms with Gasteiger partial charge in [-0.1, -0.05) is 51.0 Å². The Kier molecular flexibility index (Phi) is 6.07. The highest BCUT2D eigenvalue weighted by Crippen LogP contribution is 2.60. The van der Waals surface area contributed by atoms with Crippen molar-refractivity contribution in [3.8, 4) is 0 Å². The Labute approximate surface area is 201 Å². The molecule has 5 aliphatic rings. The molecule has 4 aliphatic carbocycles. The molecule has 0 amide bonds. The first-order valence-electron chi connectivity index (χ1n) is 13.5. The van der Waals surface area contributed by atoms with E-state index in [9.17, 15) is 13.2 Å². The van der Waals surface area contributed by atoms with Crippen LogP contribution in [0.5, 0.6) is 0 Å². The van der Waals surface area contributed by atoms with Gasteiger partial charge in [0.25, 0.3) is 0 Å². The number of sulfone groups is 1. The van der Waals surface area contributed by atoms with Gasteiger partial charge >= 0.3 is 0 Å². The number of allylic oxidation sites excluding steroid dienone is 3. The number of fused-ring (bicyclic) bond motifs is 1. The maximum atomic E-state index is 13.3. The van der Waals surface area contributed by atoms with Gasteiger partial charge in [0, 0.05) is 5.92 Å². The molecule has 0 saturated heterocycles. The monoisotopic (exact) mass is 470 g/mol. The summed E-state index contributed by atoms with van der Waals surface area (Å²) in [6.07, 6.45) is 16.2. The van der Waals surface area contributed by atoms with E-state index in [0.29, 0.717) is 41.3 Å². The van der Waals surface area contributed by atoms with Crippen LogP contribution in [0, 0.1) is 40.9 Å². The van der Waals surface area contributed by atoms with Gasteiger partial charge in [-0.25, -0.2) is 8.42 Å². The molecule has 3 nitrogen and oxygen atoms in total. The van der Waals surface area contributed by atoms with Crippen molar-refractivity contribution in [2.24, 2.45) is 40.9 Å². The van der Waals surface area contributed by atoms with Crippen molar-refractivity contribution in [1.82, 2.24) is 0 Å². The van der Waals surface area contributed by atoms with Gasteiger partial charge in [-0.2, -0.15) is 0 Å². The lowest BCUT2D eigenvalue weighted by Crippen LogP contribution is -2.36. The minimum absolute atomic E-state index is 0.212. The molecule has 1 aliphatic heterocycles. The molecule has 3 saturated carbocycles. The lowest BCUT2D eigenvalue weighted by Gasteiger charge is -2.44. The smallest absolute Gasteiger partial charge is 0.164 e. The number of rotatable bonds is 5. The van der Waals surface area contributed by atoms with E-state index in [4.69, 9.17) is 0 Å². The summed E-state index contributed by atoms with van der Waals surface area (Å²) in [5, 5.41) is -0.373. The fourth-order valence-corrected chi connectivity index (χ4v) is 10.3. The topological polar surface area (TPSA) is 51.2 Å². The van der Waals surface area contributed by atoms with Crippen LogP contribution >= 0.6 is 0 Å². The summed E-state index contributed by atoms with van der Waals surface area (Å²) in [5.41, 5.74) is 4.11. The molecule has 0 spiro atoms. The van der Waals surface area contributed by atoms with Gasteiger partial charge in [0.15, 0.2) is 15.6 Å². The zero-order valence-electron chi connectivity index (χ0n) is 21.0. The molecule has 0 aromatic carbocycles. The van der Waals surface area contributed by atoms with Crippen molar-refractivity contribution in [2.75, 3.05) is 5.75 Å². The van der Waals surface area contributed by atoms with E-state index in [1.807, 2.05) is 6.08 Å². The molecule has 0 bridgehead atoms. The summed E-state index contributed by atoms with van der Waals surface area (Å²) >= 11 is 0. The van der Waals surface area contributed by atoms with Crippen LogP contribution in [-0.4, -0.2) is 25.2 Å². The molecule has 4 heteroatoms. The zero-order valence-corrected chi connectivity index (χ0v) is 21.8. The molecule has 1 heterocycles. The van der Waals surface area contributed by atoms with Crippen LogP contribution in [0.25, 0.3) is 0 Å². The second kappa shape index (κ2) is 8.50. The summed E-state index contributed by atoms with van der Waals surface area (Å²) in [7, 11) is -3.12. The lowest BCUT2D eigenvalue weighted by atomic mass is 9.61. The SMILES string of the molecule is C[C@@H]1CC2=C(CS(=O)(=O)[C@H]2/C=C2\CCC[C@]3(C)C([C@H](C)/C=C/C(=O)C4CC4)CC[C@@H]23)[C@@H](C)C1. The average Bonchev–Trinajstić information content (AvgIpc) is 3.48. The van der Waals surface area contributed by atoms with E-state index < -0.39 is 9.84 Å². The zero-order chi connectivity index (χ0) is 23.5. The fourth-order valence-electron chi connectivity index (χ4n) is 8.14. The third kappa shape index (κ3) is 4.23. The van der Waals surface area contributed by atoms with Crippen LogP contribution in [0.2, 0.25) is 0 Å². The van der Waals surface area contributed by atoms with E-state index in [1.54, 1.807) is 0 Å². The van der Waals surface area contributed by atoms with Crippen LogP contribution in [0.4, 0.5) is 0 Å². The number of hydrogen-bond donors (Lipinski definition) is 0. The van der Waals surface area contributed by atoms with Gasteiger partial charge in [-0.05, 0) is 104 Å². The summed E-state index contributed by atoms with van der Waals surface area (Å²) in [4.78, 5) is 12.2. The van der Waals surface area contributed by atoms with Crippen molar-refractivity contribution < 1.29 is 13.2 Å². The van der Waals surface area contributed by atoms with E-state index in [-0.39, 0.29) is 16.4 Å². The minimum Gasteiger partial charge on any atom is -0.295 e. The molecule has 1 unspecified atom stereocenters. The normalized spacial score (nSPS) is 42.5. The molecule has 0 radical (unpaired) electrons. The summed E-state index contributed by atoms with van der Waals surface area (Å²) in [6.45, 7) is 9.24. The number of carbonyl (C=O) groups excluding carboxylic acids is 1. The lowest BCUT2D eigenvalue weighted by molar-refractivity contribution is -0.115. The predicted octanol–water partition coefficient (Wildman–Crippen LogP) is 6.46. The first kappa shape index (κ1) is 23.6. The number of ketones is 1. The van der Waals surface area contributed by atoms with Gasteiger partial charge in [0.1, 0.15) is 5.25 Å². The van der Waals surface area contributed by atoms with Crippen LogP contribution in [0.1, 0.15) is 85.5 Å². The second-order valence-electron chi connectivity index (χ2n) is 12.5. The fraction of sp³-hybridized carbons (Fsp3) is 0.759. The van der Waals surface area contributed by atoms with Gasteiger partial charge in [0.2, 0.25) is 0 Å². The van der Waals surface area contributed by atoms with Crippen LogP contribution in [0.15, 0.2) is 34.9 Å². The van der Waals surface area contributed by atoms with Crippen LogP contribution in [-0.2, 0) is 14.6 Å². The quantitative estimate of drug-likeness (QED) is 0.342. The number of hydrogen-bond acceptors (Lipinski definition) is 3. The Morgan fingerprint density at radius 2 is 1.88 bits per heavy atom. The van der Waals surface area contributed by atoms with Gasteiger partial charge in [0.05, 0.1) is 5.75 Å². The molecule has 0 aromatic heterocycles. The Morgan fingerprint density at radius 3 is 2.61 bits per heavy atom. The standard InChI is InChI=1S/C29H42O3S/c1-18-14-20(3)24-17-33(31,32)28(23(24)15-18)16-22-6-5-13-29(4)25(10-11-26(22)29)19(2)7-12-27(30)21-8-9-21/h7,12,16,18-21,25-26,28H,5-6,8-11,13-15,17H2,1-4H3/b12-7+,22-16+/t18-,19+,20-,25?,26-,28-,29+/m0/s1. The molecule has 7 atom stereocenters. The molecule has 182 valence electrons. The summed E-state index contributed by atoms with van der Waals surface area (Å²) < 4.78 is 26.6. The summed E-state index contributed by atoms with van der Waals surface area (Å²) in [6, 6.07) is 0. The molecule has 5 rings (SSSR count). The van der Waals surface area contributed by atoms with Crippen LogP contribution in [0.3, 0.4) is 0 Å². The Morgan fingerprint density at radius 1 is 1.12 bits per heavy atom. The highest BCUT2D eigenvalue weighted by atomic mass is 32.2. The maximum absolute atomic E-state index is 13.3. The molecular formula is C29H42O3S. The molecule has 33 heavy (non-hydrogen) atoms. The minimum atomic E-state index is -3.12. The Bertz CT molecular complexity index is 1010. The summed E-state index contributed by atoms with van der Waals surface area (Å²) in [5.74, 6) is 3.33. The number of carbonyl (C=O) groups is 1. The Hall–Kier alpha value is -1.16. The van der Waals surface area contributed by atoms with Gasteiger partial charge in [-0.3, -0.25) is 4.79 Å². The highest BCUT2D eigenvalue weighted by Gasteiger charge is 2.51. The van der Waals surface area contributed by atoms with Crippen molar-refractivity contribution in [2.45, 2.75) is 90.7 Å². The molecular weight excluding hydrogens is 428 g/mol. The van der Waals surface area contributed by atoms with Crippen molar-refractivity contribution in [3.63, 3.8) is 0 Å². The molecule has 0 N–H and O–H groups in total. The molecule has 3 fully saturated rings. The Balaban J connectivity index is 1.40. The van der Waals surface area contributed by atoms with Crippen molar-refractivity contribution in [3.05, 3.63) is 34.9 Å². The molecule has 0 aromatic rings. The second-order valence-corrected chi connectivity index (χ2v) is 14.6. The van der Waals surface area contributed by atoms with E-state index in [0.717, 1.165) is 44.9 Å². The van der Waals surface area contributed by atoms with Gasteiger partial charge in [-0.15, -0.1) is 0 Å². The first-order valence-corrected chi connectivity index (χ1v) is 15.2. The average molecular weight is 471 g/mol. The highest BCUT2D eigenvalue weighted by molar-refractivity contribution is 7.92. The third-order valence-electron chi connectivity index (χ3n) is 10.0. The maximum Gasteiger partial charge on any atom is 0.164 e. The van der Waals surface area contributed by atoms with E-state index in [2.05, 4.69) is 39.8 Å². The third-order valence-corrected chi connectivity index (χ3v) is 11.9. The largest absolute Gasteiger partial charge is 0.295 e. The predicted molar refractivity (Wildman–Crippen MR) is 134 cm³/mol. The van der Waals surface area contributed by atoms with E-state index >= 15 is 0 Å². The first-order chi connectivity index (χ1) is 15.6. The van der Waals surface area contributed by atoms with Crippen molar-refractivity contribution in [1.29, 1.82) is 0 Å². The van der Waals surface area contributed by atoms with Crippen molar-refractivity contribution >= 4 is 15.6 Å².